The molecule has 0 aliphatic rings. The highest BCUT2D eigenvalue weighted by Crippen LogP contribution is 2.25. The van der Waals surface area contributed by atoms with Crippen LogP contribution < -0.4 is 5.32 Å². The molecule has 0 heterocycles. The van der Waals surface area contributed by atoms with Gasteiger partial charge in [0.05, 0.1) is 0 Å². The Labute approximate surface area is 131 Å². The number of rotatable bonds is 7. The Morgan fingerprint density at radius 2 is 1.90 bits per heavy atom. The summed E-state index contributed by atoms with van der Waals surface area (Å²) >= 11 is 1.84. The number of thioether (sulfide) groups is 1. The predicted octanol–water partition coefficient (Wildman–Crippen LogP) is 4.97. The van der Waals surface area contributed by atoms with Crippen LogP contribution in [0.1, 0.15) is 30.5 Å². The molecule has 0 radical (unpaired) electrons. The third kappa shape index (κ3) is 5.18. The van der Waals surface area contributed by atoms with Gasteiger partial charge < -0.3 is 5.32 Å². The van der Waals surface area contributed by atoms with Gasteiger partial charge in [-0.1, -0.05) is 36.8 Å². The van der Waals surface area contributed by atoms with Gasteiger partial charge >= 0.3 is 0 Å². The Morgan fingerprint density at radius 3 is 2.57 bits per heavy atom. The molecule has 0 saturated heterocycles. The Bertz CT molecular complexity index is 553. The fourth-order valence-corrected chi connectivity index (χ4v) is 3.28. The van der Waals surface area contributed by atoms with E-state index in [-0.39, 0.29) is 11.9 Å². The summed E-state index contributed by atoms with van der Waals surface area (Å²) in [6, 6.07) is 15.6. The van der Waals surface area contributed by atoms with Gasteiger partial charge in [0, 0.05) is 16.7 Å². The first-order valence-corrected chi connectivity index (χ1v) is 8.36. The number of aryl methyl sites for hydroxylation is 1. The molecule has 1 atom stereocenters. The van der Waals surface area contributed by atoms with Gasteiger partial charge in [0.1, 0.15) is 5.82 Å². The summed E-state index contributed by atoms with van der Waals surface area (Å²) in [6.07, 6.45) is 1.09. The number of benzene rings is 2. The molecule has 2 rings (SSSR count). The van der Waals surface area contributed by atoms with Crippen LogP contribution in [0.15, 0.2) is 53.4 Å². The van der Waals surface area contributed by atoms with Gasteiger partial charge in [-0.2, -0.15) is 0 Å². The maximum absolute atomic E-state index is 13.1. The van der Waals surface area contributed by atoms with Crippen LogP contribution in [-0.4, -0.2) is 12.3 Å². The minimum Gasteiger partial charge on any atom is -0.309 e. The first-order chi connectivity index (χ1) is 10.2. The molecule has 0 fully saturated rings. The van der Waals surface area contributed by atoms with Crippen LogP contribution in [0.3, 0.4) is 0 Å². The average Bonchev–Trinajstić information content (AvgIpc) is 2.49. The molecule has 1 nitrogen and oxygen atoms in total. The number of hydrogen-bond acceptors (Lipinski definition) is 2. The van der Waals surface area contributed by atoms with Crippen molar-refractivity contribution in [2.24, 2.45) is 0 Å². The number of halogens is 1. The van der Waals surface area contributed by atoms with E-state index in [1.54, 1.807) is 0 Å². The lowest BCUT2D eigenvalue weighted by Gasteiger charge is -2.19. The van der Waals surface area contributed by atoms with Crippen LogP contribution in [-0.2, 0) is 0 Å². The molecule has 3 heteroatoms. The van der Waals surface area contributed by atoms with Crippen LogP contribution in [0.2, 0.25) is 0 Å². The molecule has 0 aromatic heterocycles. The Hall–Kier alpha value is -1.32. The minimum absolute atomic E-state index is 0.181. The van der Waals surface area contributed by atoms with Crippen LogP contribution in [0, 0.1) is 12.7 Å². The summed E-state index contributed by atoms with van der Waals surface area (Å²) in [6.45, 7) is 5.23. The van der Waals surface area contributed by atoms with E-state index in [9.17, 15) is 4.39 Å². The van der Waals surface area contributed by atoms with Crippen molar-refractivity contribution < 1.29 is 4.39 Å². The monoisotopic (exact) mass is 303 g/mol. The molecule has 21 heavy (non-hydrogen) atoms. The van der Waals surface area contributed by atoms with Gasteiger partial charge in [-0.25, -0.2) is 4.39 Å². The third-order valence-electron chi connectivity index (χ3n) is 3.32. The highest BCUT2D eigenvalue weighted by molar-refractivity contribution is 7.99. The first kappa shape index (κ1) is 16.1. The van der Waals surface area contributed by atoms with Gasteiger partial charge in [-0.15, -0.1) is 11.8 Å². The van der Waals surface area contributed by atoms with E-state index in [1.807, 2.05) is 23.9 Å². The molecule has 112 valence electrons. The molecule has 1 N–H and O–H groups in total. The molecule has 0 aliphatic carbocycles. The van der Waals surface area contributed by atoms with Crippen molar-refractivity contribution in [2.75, 3.05) is 12.3 Å². The van der Waals surface area contributed by atoms with Gasteiger partial charge in [0.2, 0.25) is 0 Å². The first-order valence-electron chi connectivity index (χ1n) is 7.37. The predicted molar refractivity (Wildman–Crippen MR) is 89.3 cm³/mol. The van der Waals surface area contributed by atoms with Gasteiger partial charge in [-0.05, 0) is 49.7 Å². The lowest BCUT2D eigenvalue weighted by molar-refractivity contribution is 0.574. The number of hydrogen-bond donors (Lipinski definition) is 1. The zero-order chi connectivity index (χ0) is 15.1. The molecule has 2 aromatic rings. The molecular weight excluding hydrogens is 281 g/mol. The van der Waals surface area contributed by atoms with Crippen molar-refractivity contribution in [3.05, 3.63) is 65.5 Å². The number of nitrogens with one attached hydrogen (secondary N) is 1. The van der Waals surface area contributed by atoms with Gasteiger partial charge in [0.25, 0.3) is 0 Å². The van der Waals surface area contributed by atoms with E-state index in [4.69, 9.17) is 0 Å². The highest BCUT2D eigenvalue weighted by Gasteiger charge is 2.11. The normalized spacial score (nSPS) is 12.3. The molecule has 1 unspecified atom stereocenters. The summed E-state index contributed by atoms with van der Waals surface area (Å²) in [5.74, 6) is 0.758. The molecule has 0 amide bonds. The quantitative estimate of drug-likeness (QED) is 0.725. The molecule has 0 saturated carbocycles. The maximum atomic E-state index is 13.1. The van der Waals surface area contributed by atoms with E-state index in [0.717, 1.165) is 24.3 Å². The Kier molecular flexibility index (Phi) is 6.27. The molecule has 0 aliphatic heterocycles. The second-order valence-corrected chi connectivity index (χ2v) is 6.28. The van der Waals surface area contributed by atoms with E-state index >= 15 is 0 Å². The summed E-state index contributed by atoms with van der Waals surface area (Å²) in [5, 5.41) is 3.55. The second-order valence-electron chi connectivity index (χ2n) is 5.19. The fourth-order valence-electron chi connectivity index (χ4n) is 2.17. The Balaban J connectivity index is 2.04. The molecule has 0 spiro atoms. The van der Waals surface area contributed by atoms with Crippen molar-refractivity contribution >= 4 is 11.8 Å². The molecule has 2 aromatic carbocycles. The molecular formula is C18H22FNS. The summed E-state index contributed by atoms with van der Waals surface area (Å²) < 4.78 is 13.1. The standard InChI is InChI=1S/C18H22FNS/c1-3-11-20-18(15-7-9-16(19)10-8-15)13-21-17-6-4-5-14(2)12-17/h4-10,12,18,20H,3,11,13H2,1-2H3. The van der Waals surface area contributed by atoms with Crippen LogP contribution >= 0.6 is 11.8 Å². The average molecular weight is 303 g/mol. The van der Waals surface area contributed by atoms with Crippen molar-refractivity contribution in [1.29, 1.82) is 0 Å². The van der Waals surface area contributed by atoms with Crippen LogP contribution in [0.5, 0.6) is 0 Å². The van der Waals surface area contributed by atoms with Gasteiger partial charge in [-0.3, -0.25) is 0 Å². The van der Waals surface area contributed by atoms with Crippen molar-refractivity contribution in [3.63, 3.8) is 0 Å². The minimum atomic E-state index is -0.181. The van der Waals surface area contributed by atoms with E-state index in [0.29, 0.717) is 0 Å². The lowest BCUT2D eigenvalue weighted by Crippen LogP contribution is -2.24. The van der Waals surface area contributed by atoms with Crippen molar-refractivity contribution in [3.8, 4) is 0 Å². The Morgan fingerprint density at radius 1 is 1.14 bits per heavy atom. The summed E-state index contributed by atoms with van der Waals surface area (Å²) in [5.41, 5.74) is 2.42. The second kappa shape index (κ2) is 8.20. The van der Waals surface area contributed by atoms with Crippen molar-refractivity contribution in [1.82, 2.24) is 5.32 Å². The highest BCUT2D eigenvalue weighted by atomic mass is 32.2. The summed E-state index contributed by atoms with van der Waals surface area (Å²) in [4.78, 5) is 1.28. The van der Waals surface area contributed by atoms with Crippen LogP contribution in [0.25, 0.3) is 0 Å². The van der Waals surface area contributed by atoms with Crippen molar-refractivity contribution in [2.45, 2.75) is 31.2 Å². The lowest BCUT2D eigenvalue weighted by atomic mass is 10.1. The largest absolute Gasteiger partial charge is 0.309 e. The smallest absolute Gasteiger partial charge is 0.123 e. The zero-order valence-corrected chi connectivity index (χ0v) is 13.4. The summed E-state index contributed by atoms with van der Waals surface area (Å²) in [7, 11) is 0. The van der Waals surface area contributed by atoms with E-state index in [2.05, 4.69) is 43.4 Å². The zero-order valence-electron chi connectivity index (χ0n) is 12.6. The van der Waals surface area contributed by atoms with Crippen LogP contribution in [0.4, 0.5) is 4.39 Å². The van der Waals surface area contributed by atoms with E-state index < -0.39 is 0 Å². The van der Waals surface area contributed by atoms with E-state index in [1.165, 1.54) is 22.6 Å². The fraction of sp³-hybridized carbons (Fsp3) is 0.333. The third-order valence-corrected chi connectivity index (χ3v) is 4.41. The topological polar surface area (TPSA) is 12.0 Å². The molecule has 0 bridgehead atoms. The SMILES string of the molecule is CCCNC(CSc1cccc(C)c1)c1ccc(F)cc1. The maximum Gasteiger partial charge on any atom is 0.123 e. The van der Waals surface area contributed by atoms with Gasteiger partial charge in [0.15, 0.2) is 0 Å².